The molecule has 0 fully saturated rings. The molecular formula is C12H13F3O3. The summed E-state index contributed by atoms with van der Waals surface area (Å²) in [4.78, 5) is 10.2. The first-order chi connectivity index (χ1) is 8.36. The SMILES string of the molecule is COc1ccc(C(F)(F)CCCC(=O)O)cc1F. The van der Waals surface area contributed by atoms with E-state index in [0.29, 0.717) is 6.07 Å². The fourth-order valence-corrected chi connectivity index (χ4v) is 1.50. The summed E-state index contributed by atoms with van der Waals surface area (Å²) >= 11 is 0. The van der Waals surface area contributed by atoms with E-state index in [0.717, 1.165) is 12.1 Å². The van der Waals surface area contributed by atoms with Gasteiger partial charge < -0.3 is 9.84 Å². The molecule has 0 bridgehead atoms. The second kappa shape index (κ2) is 5.75. The van der Waals surface area contributed by atoms with Crippen LogP contribution >= 0.6 is 0 Å². The van der Waals surface area contributed by atoms with Crippen LogP contribution in [0.25, 0.3) is 0 Å². The van der Waals surface area contributed by atoms with E-state index in [2.05, 4.69) is 4.74 Å². The van der Waals surface area contributed by atoms with Gasteiger partial charge in [0, 0.05) is 18.4 Å². The Hall–Kier alpha value is -1.72. The standard InChI is InChI=1S/C12H13F3O3/c1-18-10-5-4-8(7-9(10)13)12(14,15)6-2-3-11(16)17/h4-5,7H,2-3,6H2,1H3,(H,16,17). The third kappa shape index (κ3) is 3.65. The second-order valence-corrected chi connectivity index (χ2v) is 3.80. The van der Waals surface area contributed by atoms with Crippen molar-refractivity contribution < 1.29 is 27.8 Å². The number of carbonyl (C=O) groups is 1. The highest BCUT2D eigenvalue weighted by Crippen LogP contribution is 2.35. The Kier molecular flexibility index (Phi) is 4.58. The van der Waals surface area contributed by atoms with Gasteiger partial charge in [-0.1, -0.05) is 0 Å². The van der Waals surface area contributed by atoms with E-state index in [9.17, 15) is 18.0 Å². The van der Waals surface area contributed by atoms with Crippen molar-refractivity contribution in [2.24, 2.45) is 0 Å². The van der Waals surface area contributed by atoms with Crippen molar-refractivity contribution in [3.05, 3.63) is 29.6 Å². The minimum Gasteiger partial charge on any atom is -0.494 e. The number of aliphatic carboxylic acids is 1. The van der Waals surface area contributed by atoms with Crippen LogP contribution in [0.2, 0.25) is 0 Å². The highest BCUT2D eigenvalue weighted by Gasteiger charge is 2.31. The van der Waals surface area contributed by atoms with Crippen LogP contribution in [0.3, 0.4) is 0 Å². The van der Waals surface area contributed by atoms with Crippen molar-refractivity contribution in [1.29, 1.82) is 0 Å². The normalized spacial score (nSPS) is 11.3. The monoisotopic (exact) mass is 262 g/mol. The molecule has 1 aromatic carbocycles. The van der Waals surface area contributed by atoms with Gasteiger partial charge in [0.05, 0.1) is 7.11 Å². The molecule has 100 valence electrons. The molecule has 0 unspecified atom stereocenters. The Morgan fingerprint density at radius 2 is 2.11 bits per heavy atom. The minimum atomic E-state index is -3.25. The van der Waals surface area contributed by atoms with Crippen molar-refractivity contribution in [3.63, 3.8) is 0 Å². The van der Waals surface area contributed by atoms with Gasteiger partial charge in [0.25, 0.3) is 5.92 Å². The highest BCUT2D eigenvalue weighted by molar-refractivity contribution is 5.66. The average Bonchev–Trinajstić information content (AvgIpc) is 2.28. The van der Waals surface area contributed by atoms with E-state index in [-0.39, 0.29) is 18.6 Å². The van der Waals surface area contributed by atoms with Crippen LogP contribution in [0, 0.1) is 5.82 Å². The summed E-state index contributed by atoms with van der Waals surface area (Å²) in [6.07, 6.45) is -1.14. The Morgan fingerprint density at radius 1 is 1.44 bits per heavy atom. The number of halogens is 3. The molecular weight excluding hydrogens is 249 g/mol. The van der Waals surface area contributed by atoms with E-state index in [1.165, 1.54) is 7.11 Å². The van der Waals surface area contributed by atoms with Gasteiger partial charge in [0.1, 0.15) is 0 Å². The van der Waals surface area contributed by atoms with Crippen LogP contribution in [-0.2, 0) is 10.7 Å². The lowest BCUT2D eigenvalue weighted by molar-refractivity contribution is -0.137. The molecule has 0 aliphatic rings. The zero-order chi connectivity index (χ0) is 13.8. The molecule has 6 heteroatoms. The summed E-state index contributed by atoms with van der Waals surface area (Å²) < 4.78 is 45.1. The summed E-state index contributed by atoms with van der Waals surface area (Å²) in [5.74, 6) is -5.36. The van der Waals surface area contributed by atoms with Crippen LogP contribution in [0.15, 0.2) is 18.2 Å². The molecule has 1 rings (SSSR count). The largest absolute Gasteiger partial charge is 0.494 e. The molecule has 0 radical (unpaired) electrons. The third-order valence-corrected chi connectivity index (χ3v) is 2.46. The topological polar surface area (TPSA) is 46.5 Å². The summed E-state index contributed by atoms with van der Waals surface area (Å²) in [5, 5.41) is 8.37. The van der Waals surface area contributed by atoms with Gasteiger partial charge in [-0.3, -0.25) is 4.79 Å². The summed E-state index contributed by atoms with van der Waals surface area (Å²) in [7, 11) is 1.24. The maximum Gasteiger partial charge on any atom is 0.303 e. The molecule has 0 aliphatic heterocycles. The number of ether oxygens (including phenoxy) is 1. The maximum absolute atomic E-state index is 13.6. The van der Waals surface area contributed by atoms with Gasteiger partial charge in [-0.15, -0.1) is 0 Å². The molecule has 1 aromatic rings. The first kappa shape index (κ1) is 14.3. The third-order valence-electron chi connectivity index (χ3n) is 2.46. The van der Waals surface area contributed by atoms with Gasteiger partial charge >= 0.3 is 5.97 Å². The maximum atomic E-state index is 13.6. The molecule has 0 atom stereocenters. The van der Waals surface area contributed by atoms with Gasteiger partial charge in [-0.2, -0.15) is 0 Å². The molecule has 0 aromatic heterocycles. The summed E-state index contributed by atoms with van der Waals surface area (Å²) in [6, 6.07) is 2.90. The minimum absolute atomic E-state index is 0.111. The predicted octanol–water partition coefficient (Wildman–Crippen LogP) is 3.18. The Labute approximate surface area is 102 Å². The summed E-state index contributed by atoms with van der Waals surface area (Å²) in [6.45, 7) is 0. The second-order valence-electron chi connectivity index (χ2n) is 3.80. The van der Waals surface area contributed by atoms with Gasteiger partial charge in [0.2, 0.25) is 0 Å². The van der Waals surface area contributed by atoms with Gasteiger partial charge in [0.15, 0.2) is 11.6 Å². The number of rotatable bonds is 6. The zero-order valence-electron chi connectivity index (χ0n) is 9.75. The van der Waals surface area contributed by atoms with E-state index < -0.39 is 29.7 Å². The number of benzene rings is 1. The fraction of sp³-hybridized carbons (Fsp3) is 0.417. The number of carboxylic acids is 1. The van der Waals surface area contributed by atoms with Crippen LogP contribution in [0.1, 0.15) is 24.8 Å². The smallest absolute Gasteiger partial charge is 0.303 e. The van der Waals surface area contributed by atoms with Crippen molar-refractivity contribution in [2.45, 2.75) is 25.2 Å². The lowest BCUT2D eigenvalue weighted by Crippen LogP contribution is -2.14. The molecule has 0 amide bonds. The molecule has 0 heterocycles. The van der Waals surface area contributed by atoms with Crippen molar-refractivity contribution in [2.75, 3.05) is 7.11 Å². The molecule has 3 nitrogen and oxygen atoms in total. The highest BCUT2D eigenvalue weighted by atomic mass is 19.3. The number of alkyl halides is 2. The molecule has 18 heavy (non-hydrogen) atoms. The van der Waals surface area contributed by atoms with Crippen molar-refractivity contribution >= 4 is 5.97 Å². The number of hydrogen-bond donors (Lipinski definition) is 1. The Morgan fingerprint density at radius 3 is 2.61 bits per heavy atom. The Bertz CT molecular complexity index is 433. The molecule has 0 saturated heterocycles. The van der Waals surface area contributed by atoms with E-state index >= 15 is 0 Å². The van der Waals surface area contributed by atoms with Crippen molar-refractivity contribution in [1.82, 2.24) is 0 Å². The first-order valence-electron chi connectivity index (χ1n) is 5.30. The molecule has 0 saturated carbocycles. The van der Waals surface area contributed by atoms with Gasteiger partial charge in [-0.05, 0) is 24.6 Å². The number of hydrogen-bond acceptors (Lipinski definition) is 2. The van der Waals surface area contributed by atoms with Crippen LogP contribution in [0.5, 0.6) is 5.75 Å². The first-order valence-corrected chi connectivity index (χ1v) is 5.30. The zero-order valence-corrected chi connectivity index (χ0v) is 9.75. The quantitative estimate of drug-likeness (QED) is 0.856. The lowest BCUT2D eigenvalue weighted by Gasteiger charge is -2.16. The number of carboxylic acid groups (broad SMARTS) is 1. The predicted molar refractivity (Wildman–Crippen MR) is 58.3 cm³/mol. The van der Waals surface area contributed by atoms with Crippen LogP contribution in [0.4, 0.5) is 13.2 Å². The van der Waals surface area contributed by atoms with Crippen LogP contribution in [-0.4, -0.2) is 18.2 Å². The summed E-state index contributed by atoms with van der Waals surface area (Å²) in [5.41, 5.74) is -0.480. The van der Waals surface area contributed by atoms with Gasteiger partial charge in [-0.25, -0.2) is 13.2 Å². The van der Waals surface area contributed by atoms with E-state index in [1.54, 1.807) is 0 Å². The lowest BCUT2D eigenvalue weighted by atomic mass is 10.0. The van der Waals surface area contributed by atoms with E-state index in [1.807, 2.05) is 0 Å². The van der Waals surface area contributed by atoms with Crippen molar-refractivity contribution in [3.8, 4) is 5.75 Å². The van der Waals surface area contributed by atoms with E-state index in [4.69, 9.17) is 5.11 Å². The fourth-order valence-electron chi connectivity index (χ4n) is 1.50. The average molecular weight is 262 g/mol. The molecule has 0 spiro atoms. The molecule has 0 aliphatic carbocycles. The number of methoxy groups -OCH3 is 1. The van der Waals surface area contributed by atoms with Crippen LogP contribution < -0.4 is 4.74 Å². The molecule has 1 N–H and O–H groups in total. The Balaban J connectivity index is 2.77.